The van der Waals surface area contributed by atoms with E-state index in [1.165, 1.54) is 18.3 Å². The zero-order chi connectivity index (χ0) is 13.2. The fourth-order valence-corrected chi connectivity index (χ4v) is 2.30. The number of halogens is 1. The Labute approximate surface area is 103 Å². The molecule has 0 radical (unpaired) electrons. The van der Waals surface area contributed by atoms with Crippen molar-refractivity contribution in [1.82, 2.24) is 4.98 Å². The van der Waals surface area contributed by atoms with E-state index in [0.717, 1.165) is 24.3 Å². The molecule has 5 nitrogen and oxygen atoms in total. The number of aromatic nitrogens is 1. The van der Waals surface area contributed by atoms with Gasteiger partial charge in [-0.15, -0.1) is 0 Å². The number of hydrogen-bond donors (Lipinski definition) is 2. The molecule has 7 heteroatoms. The lowest BCUT2D eigenvalue weighted by molar-refractivity contribution is 0.475. The molecule has 2 rings (SSSR count). The van der Waals surface area contributed by atoms with Crippen LogP contribution in [0.25, 0.3) is 0 Å². The molecule has 0 amide bonds. The Hall–Kier alpha value is -2.15. The number of benzene rings is 1. The second-order valence-electron chi connectivity index (χ2n) is 3.43. The Balaban J connectivity index is 2.33. The van der Waals surface area contributed by atoms with Gasteiger partial charge in [0.2, 0.25) is 0 Å². The predicted molar refractivity (Wildman–Crippen MR) is 63.1 cm³/mol. The lowest BCUT2D eigenvalue weighted by Gasteiger charge is -2.08. The molecular formula is C11H9FN2O3S. The van der Waals surface area contributed by atoms with Gasteiger partial charge in [0, 0.05) is 6.20 Å². The number of sulfonamides is 1. The maximum absolute atomic E-state index is 12.7. The number of hydrogen-bond acceptors (Lipinski definition) is 4. The molecule has 0 aliphatic heterocycles. The molecule has 1 heterocycles. The van der Waals surface area contributed by atoms with Crippen molar-refractivity contribution in [3.05, 3.63) is 48.4 Å². The first kappa shape index (κ1) is 12.3. The highest BCUT2D eigenvalue weighted by molar-refractivity contribution is 7.92. The van der Waals surface area contributed by atoms with Crippen molar-refractivity contribution in [1.29, 1.82) is 0 Å². The second-order valence-corrected chi connectivity index (χ2v) is 5.11. The fourth-order valence-electron chi connectivity index (χ4n) is 1.28. The van der Waals surface area contributed by atoms with Crippen LogP contribution in [0, 0.1) is 5.82 Å². The Morgan fingerprint density at radius 2 is 1.83 bits per heavy atom. The second kappa shape index (κ2) is 4.61. The standard InChI is InChI=1S/C11H9FN2O3S/c12-8-3-5-9(6-4-8)18(16,17)14-11-10(15)2-1-7-13-11/h1-7,15H,(H,13,14). The third-order valence-corrected chi connectivity index (χ3v) is 3.50. The number of pyridine rings is 1. The summed E-state index contributed by atoms with van der Waals surface area (Å²) in [4.78, 5) is 3.58. The first-order chi connectivity index (χ1) is 8.49. The number of nitrogens with one attached hydrogen (secondary N) is 1. The molecule has 1 aromatic heterocycles. The molecule has 0 atom stereocenters. The Bertz CT molecular complexity index is 656. The van der Waals surface area contributed by atoms with Gasteiger partial charge in [0.25, 0.3) is 10.0 Å². The van der Waals surface area contributed by atoms with Crippen LogP contribution >= 0.6 is 0 Å². The molecule has 18 heavy (non-hydrogen) atoms. The van der Waals surface area contributed by atoms with Gasteiger partial charge in [-0.2, -0.15) is 0 Å². The summed E-state index contributed by atoms with van der Waals surface area (Å²) in [5.41, 5.74) is 0. The average Bonchev–Trinajstić information content (AvgIpc) is 2.32. The van der Waals surface area contributed by atoms with Crippen LogP contribution in [0.4, 0.5) is 10.2 Å². The van der Waals surface area contributed by atoms with E-state index in [2.05, 4.69) is 9.71 Å². The Morgan fingerprint density at radius 3 is 2.44 bits per heavy atom. The maximum Gasteiger partial charge on any atom is 0.263 e. The first-order valence-corrected chi connectivity index (χ1v) is 6.40. The van der Waals surface area contributed by atoms with Crippen molar-refractivity contribution in [2.45, 2.75) is 4.90 Å². The predicted octanol–water partition coefficient (Wildman–Crippen LogP) is 1.73. The van der Waals surface area contributed by atoms with Crippen LogP contribution in [0.1, 0.15) is 0 Å². The van der Waals surface area contributed by atoms with Gasteiger partial charge in [0.1, 0.15) is 5.82 Å². The van der Waals surface area contributed by atoms with Crippen molar-refractivity contribution in [2.75, 3.05) is 4.72 Å². The van der Waals surface area contributed by atoms with Gasteiger partial charge in [-0.3, -0.25) is 4.72 Å². The molecular weight excluding hydrogens is 259 g/mol. The van der Waals surface area contributed by atoms with Crippen LogP contribution in [0.2, 0.25) is 0 Å². The van der Waals surface area contributed by atoms with Crippen molar-refractivity contribution in [3.63, 3.8) is 0 Å². The van der Waals surface area contributed by atoms with Crippen LogP contribution in [-0.4, -0.2) is 18.5 Å². The van der Waals surface area contributed by atoms with E-state index in [9.17, 15) is 17.9 Å². The lowest BCUT2D eigenvalue weighted by atomic mass is 10.4. The minimum absolute atomic E-state index is 0.117. The van der Waals surface area contributed by atoms with Crippen molar-refractivity contribution in [3.8, 4) is 5.75 Å². The van der Waals surface area contributed by atoms with Crippen LogP contribution in [0.5, 0.6) is 5.75 Å². The highest BCUT2D eigenvalue weighted by Gasteiger charge is 2.16. The zero-order valence-electron chi connectivity index (χ0n) is 9.04. The summed E-state index contributed by atoms with van der Waals surface area (Å²) in [6.45, 7) is 0. The van der Waals surface area contributed by atoms with Gasteiger partial charge < -0.3 is 5.11 Å². The van der Waals surface area contributed by atoms with Gasteiger partial charge in [-0.1, -0.05) is 0 Å². The topological polar surface area (TPSA) is 79.3 Å². The van der Waals surface area contributed by atoms with Crippen molar-refractivity contribution in [2.24, 2.45) is 0 Å². The summed E-state index contributed by atoms with van der Waals surface area (Å²) in [5, 5.41) is 9.42. The third-order valence-electron chi connectivity index (χ3n) is 2.14. The largest absolute Gasteiger partial charge is 0.504 e. The summed E-state index contributed by atoms with van der Waals surface area (Å²) < 4.78 is 38.6. The highest BCUT2D eigenvalue weighted by Crippen LogP contribution is 2.22. The van der Waals surface area contributed by atoms with E-state index < -0.39 is 15.8 Å². The van der Waals surface area contributed by atoms with Crippen LogP contribution in [0.3, 0.4) is 0 Å². The van der Waals surface area contributed by atoms with E-state index in [1.54, 1.807) is 0 Å². The average molecular weight is 268 g/mol. The van der Waals surface area contributed by atoms with Crippen LogP contribution < -0.4 is 4.72 Å². The maximum atomic E-state index is 12.7. The summed E-state index contributed by atoms with van der Waals surface area (Å²) in [7, 11) is -3.89. The molecule has 2 N–H and O–H groups in total. The van der Waals surface area contributed by atoms with Crippen molar-refractivity contribution >= 4 is 15.8 Å². The van der Waals surface area contributed by atoms with E-state index >= 15 is 0 Å². The molecule has 0 saturated carbocycles. The number of anilines is 1. The van der Waals surface area contributed by atoms with E-state index in [-0.39, 0.29) is 16.5 Å². The summed E-state index contributed by atoms with van der Waals surface area (Å²) in [6, 6.07) is 7.08. The van der Waals surface area contributed by atoms with E-state index in [1.807, 2.05) is 0 Å². The van der Waals surface area contributed by atoms with Crippen LogP contribution in [-0.2, 0) is 10.0 Å². The highest BCUT2D eigenvalue weighted by atomic mass is 32.2. The van der Waals surface area contributed by atoms with Crippen molar-refractivity contribution < 1.29 is 17.9 Å². The quantitative estimate of drug-likeness (QED) is 0.888. The van der Waals surface area contributed by atoms with E-state index in [4.69, 9.17) is 0 Å². The molecule has 2 aromatic rings. The van der Waals surface area contributed by atoms with E-state index in [0.29, 0.717) is 0 Å². The number of aromatic hydroxyl groups is 1. The molecule has 0 spiro atoms. The van der Waals surface area contributed by atoms with Gasteiger partial charge in [0.15, 0.2) is 11.6 Å². The third kappa shape index (κ3) is 2.57. The van der Waals surface area contributed by atoms with Gasteiger partial charge in [-0.05, 0) is 36.4 Å². The zero-order valence-corrected chi connectivity index (χ0v) is 9.86. The first-order valence-electron chi connectivity index (χ1n) is 4.91. The SMILES string of the molecule is O=S(=O)(Nc1ncccc1O)c1ccc(F)cc1. The summed E-state index contributed by atoms with van der Waals surface area (Å²) in [5.74, 6) is -1.00. The molecule has 0 aliphatic carbocycles. The smallest absolute Gasteiger partial charge is 0.263 e. The summed E-state index contributed by atoms with van der Waals surface area (Å²) in [6.07, 6.45) is 1.34. The Morgan fingerprint density at radius 1 is 1.17 bits per heavy atom. The van der Waals surface area contributed by atoms with Gasteiger partial charge >= 0.3 is 0 Å². The number of rotatable bonds is 3. The summed E-state index contributed by atoms with van der Waals surface area (Å²) >= 11 is 0. The minimum atomic E-state index is -3.89. The van der Waals surface area contributed by atoms with Crippen LogP contribution in [0.15, 0.2) is 47.5 Å². The Kier molecular flexibility index (Phi) is 3.15. The molecule has 0 saturated heterocycles. The normalized spacial score (nSPS) is 11.2. The van der Waals surface area contributed by atoms with Gasteiger partial charge in [0.05, 0.1) is 4.90 Å². The number of nitrogens with zero attached hydrogens (tertiary/aromatic N) is 1. The molecule has 0 aliphatic rings. The van der Waals surface area contributed by atoms with Gasteiger partial charge in [-0.25, -0.2) is 17.8 Å². The molecule has 1 aromatic carbocycles. The molecule has 94 valence electrons. The monoisotopic (exact) mass is 268 g/mol. The molecule has 0 bridgehead atoms. The molecule has 0 fully saturated rings. The fraction of sp³-hybridized carbons (Fsp3) is 0. The molecule has 0 unspecified atom stereocenters. The lowest BCUT2D eigenvalue weighted by Crippen LogP contribution is -2.13. The minimum Gasteiger partial charge on any atom is -0.504 e.